The van der Waals surface area contributed by atoms with Crippen LogP contribution in [0.1, 0.15) is 31.1 Å². The van der Waals surface area contributed by atoms with E-state index in [0.29, 0.717) is 18.3 Å². The Morgan fingerprint density at radius 1 is 0.414 bits per heavy atom. The molecule has 17 N–H and O–H groups in total. The summed E-state index contributed by atoms with van der Waals surface area (Å²) in [4.78, 5) is 162. The number of aliphatic hydroxyl groups is 7. The number of rotatable bonds is 26. The zero-order valence-electron chi connectivity index (χ0n) is 49.4. The molecule has 11 heterocycles. The number of aromatic amines is 4. The lowest BCUT2D eigenvalue weighted by molar-refractivity contribution is -0.0659. The first kappa shape index (κ1) is 73.3. The fourth-order valence-corrected chi connectivity index (χ4v) is 14.8. The average molecular weight is 1490 g/mol. The second kappa shape index (κ2) is 28.8. The highest BCUT2D eigenvalue weighted by atomic mass is 31.2. The summed E-state index contributed by atoms with van der Waals surface area (Å²) < 4.78 is 129. The highest BCUT2D eigenvalue weighted by Crippen LogP contribution is 2.55. The third kappa shape index (κ3) is 15.8. The van der Waals surface area contributed by atoms with Crippen molar-refractivity contribution in [3.63, 3.8) is 0 Å². The molecule has 0 bridgehead atoms. The van der Waals surface area contributed by atoms with Crippen LogP contribution < -0.4 is 50.7 Å². The molecule has 0 aliphatic carbocycles. The quantitative estimate of drug-likeness (QED) is 0.0224. The number of anilines is 1. The van der Waals surface area contributed by atoms with Gasteiger partial charge in [0.15, 0.2) is 42.6 Å². The van der Waals surface area contributed by atoms with E-state index >= 15 is 0 Å². The smallest absolute Gasteiger partial charge is 0.394 e. The normalized spacial score (nSPS) is 33.4. The van der Waals surface area contributed by atoms with Crippen molar-refractivity contribution in [1.29, 1.82) is 0 Å². The number of fused-ring (bicyclic) bond motifs is 1. The van der Waals surface area contributed by atoms with Gasteiger partial charge in [-0.3, -0.25) is 98.1 Å². The van der Waals surface area contributed by atoms with E-state index in [-0.39, 0.29) is 17.0 Å². The number of phosphoric ester groups is 4. The molecule has 0 aromatic carbocycles. The molecule has 5 saturated heterocycles. The summed E-state index contributed by atoms with van der Waals surface area (Å²) in [5.74, 6) is -0.209. The Morgan fingerprint density at radius 3 is 1.04 bits per heavy atom. The van der Waals surface area contributed by atoms with Crippen molar-refractivity contribution in [3.05, 3.63) is 145 Å². The molecule has 99 heavy (non-hydrogen) atoms. The number of ether oxygens (including phenoxy) is 5. The van der Waals surface area contributed by atoms with Crippen LogP contribution in [0.25, 0.3) is 11.2 Å². The van der Waals surface area contributed by atoms with Crippen molar-refractivity contribution in [2.75, 3.05) is 38.8 Å². The largest absolute Gasteiger partial charge is 0.472 e. The van der Waals surface area contributed by atoms with Gasteiger partial charge in [0.05, 0.1) is 39.4 Å². The SMILES string of the molecule is Nc1ncnc2c1ncn2[C@@H]1O[C@H](COP(=O)(O)O[C@H]2[C@@H](O)[C@H](n3ccc(=O)[nH]c3=O)O[C@@H]2COP(=O)(O)O[C@H]2[C@@H](O)[C@H](n3ccc(=O)[nH]c3=O)O[C@@H]2CO)[C@@H](OP(=O)(O)OC[C@H]2O[C@@H](n3ccc(=O)[nH]c3=O)[C@H](O)[C@@H]2OP(=O)(O)OC[C@H]2O[C@@H](n3ccc(=O)[nH]c3=O)[C@H](O)[C@@H]2O)[C@H]1O. The highest BCUT2D eigenvalue weighted by Gasteiger charge is 2.56. The molecule has 49 nitrogen and oxygen atoms in total. The first-order valence-electron chi connectivity index (χ1n) is 28.4. The predicted octanol–water partition coefficient (Wildman–Crippen LogP) is -8.74. The molecule has 0 amide bonds. The zero-order chi connectivity index (χ0) is 71.5. The van der Waals surface area contributed by atoms with Gasteiger partial charge in [0, 0.05) is 49.1 Å². The van der Waals surface area contributed by atoms with Gasteiger partial charge in [-0.1, -0.05) is 0 Å². The molecule has 0 saturated carbocycles. The van der Waals surface area contributed by atoms with E-state index in [1.165, 1.54) is 0 Å². The van der Waals surface area contributed by atoms with Crippen molar-refractivity contribution in [3.8, 4) is 0 Å². The monoisotopic (exact) mass is 1490 g/mol. The number of imidazole rings is 1. The number of hydrogen-bond donors (Lipinski definition) is 16. The number of phosphoric acid groups is 4. The van der Waals surface area contributed by atoms with Crippen LogP contribution in [0, 0.1) is 0 Å². The Hall–Kier alpha value is -6.97. The Morgan fingerprint density at radius 2 is 0.707 bits per heavy atom. The summed E-state index contributed by atoms with van der Waals surface area (Å²) in [6.07, 6.45) is -35.4. The van der Waals surface area contributed by atoms with E-state index in [2.05, 4.69) is 15.0 Å². The number of H-pyrrole nitrogens is 4. The fourth-order valence-electron chi connectivity index (χ4n) is 10.9. The van der Waals surface area contributed by atoms with Crippen molar-refractivity contribution in [2.45, 2.75) is 123 Å². The summed E-state index contributed by atoms with van der Waals surface area (Å²) >= 11 is 0. The van der Waals surface area contributed by atoms with Gasteiger partial charge in [0.25, 0.3) is 22.2 Å². The maximum Gasteiger partial charge on any atom is 0.472 e. The van der Waals surface area contributed by atoms with Crippen LogP contribution in [-0.2, 0) is 78.1 Å². The summed E-state index contributed by atoms with van der Waals surface area (Å²) in [6, 6.07) is 3.29. The second-order valence-corrected chi connectivity index (χ2v) is 27.6. The molecule has 0 spiro atoms. The number of nitrogens with one attached hydrogen (secondary N) is 4. The fraction of sp³-hybridized carbons (Fsp3) is 0.543. The zero-order valence-corrected chi connectivity index (χ0v) is 53.0. The molecule has 5 aliphatic rings. The van der Waals surface area contributed by atoms with Gasteiger partial charge in [-0.05, 0) is 0 Å². The van der Waals surface area contributed by atoms with Gasteiger partial charge < -0.3 is 84.7 Å². The van der Waals surface area contributed by atoms with E-state index in [0.717, 1.165) is 66.3 Å². The van der Waals surface area contributed by atoms with Gasteiger partial charge in [-0.25, -0.2) is 52.4 Å². The maximum atomic E-state index is 14.2. The molecule has 542 valence electrons. The molecule has 0 radical (unpaired) electrons. The van der Waals surface area contributed by atoms with Gasteiger partial charge in [-0.2, -0.15) is 0 Å². The third-order valence-electron chi connectivity index (χ3n) is 15.5. The minimum atomic E-state index is -5.89. The predicted molar refractivity (Wildman–Crippen MR) is 310 cm³/mol. The van der Waals surface area contributed by atoms with Crippen LogP contribution in [0.5, 0.6) is 0 Å². The molecular weight excluding hydrogens is 1430 g/mol. The lowest BCUT2D eigenvalue weighted by atomic mass is 10.1. The van der Waals surface area contributed by atoms with E-state index in [4.69, 9.17) is 65.6 Å². The topological polar surface area (TPSA) is 700 Å². The average Bonchev–Trinajstić information content (AvgIpc) is 1.66. The first-order valence-corrected chi connectivity index (χ1v) is 34.4. The molecule has 53 heteroatoms. The molecule has 6 aromatic rings. The van der Waals surface area contributed by atoms with E-state index < -0.39 is 232 Å². The Balaban J connectivity index is 0.808. The second-order valence-electron chi connectivity index (χ2n) is 21.9. The number of nitrogens with two attached hydrogens (primary N) is 1. The van der Waals surface area contributed by atoms with Crippen LogP contribution in [0.2, 0.25) is 0 Å². The van der Waals surface area contributed by atoms with Crippen LogP contribution in [0.4, 0.5) is 5.82 Å². The molecule has 6 aromatic heterocycles. The minimum Gasteiger partial charge on any atom is -0.394 e. The number of hydrogen-bond acceptors (Lipinski definition) is 36. The Labute approximate surface area is 544 Å². The Bertz CT molecular complexity index is 4680. The van der Waals surface area contributed by atoms with Crippen LogP contribution >= 0.6 is 31.3 Å². The molecular formula is C46H57N13O36P4. The summed E-state index contributed by atoms with van der Waals surface area (Å²) in [6.45, 7) is -6.25. The van der Waals surface area contributed by atoms with Gasteiger partial charge in [-0.15, -0.1) is 0 Å². The highest BCUT2D eigenvalue weighted by molar-refractivity contribution is 7.48. The van der Waals surface area contributed by atoms with E-state index in [1.807, 2.05) is 19.9 Å². The minimum absolute atomic E-state index is 0.0978. The molecule has 4 unspecified atom stereocenters. The van der Waals surface area contributed by atoms with Gasteiger partial charge in [0.1, 0.15) is 103 Å². The van der Waals surface area contributed by atoms with Gasteiger partial charge >= 0.3 is 54.0 Å². The summed E-state index contributed by atoms with van der Waals surface area (Å²) in [5.41, 5.74) is -2.64. The maximum absolute atomic E-state index is 14.2. The lowest BCUT2D eigenvalue weighted by Crippen LogP contribution is -2.39. The van der Waals surface area contributed by atoms with Crippen molar-refractivity contribution in [2.24, 2.45) is 0 Å². The number of nitrogen functional groups attached to an aromatic ring is 1. The molecule has 24 atom stereocenters. The van der Waals surface area contributed by atoms with Crippen molar-refractivity contribution < 1.29 is 133 Å². The van der Waals surface area contributed by atoms with Crippen molar-refractivity contribution in [1.82, 2.24) is 57.7 Å². The molecule has 5 aliphatic heterocycles. The summed E-state index contributed by atoms with van der Waals surface area (Å²) in [5, 5.41) is 77.5. The van der Waals surface area contributed by atoms with Crippen molar-refractivity contribution >= 4 is 48.3 Å². The first-order chi connectivity index (χ1) is 46.6. The van der Waals surface area contributed by atoms with E-state index in [9.17, 15) is 112 Å². The third-order valence-corrected chi connectivity index (χ3v) is 19.5. The number of aliphatic hydroxyl groups excluding tert-OH is 7. The standard InChI is InChI=1S/C46H57N13O36P4/c47-36-25-37(49-14-48-36)59(15-50-25)42-31(70)35(95-99(81,82)85-12-19-33(29(68)40(90-19)57-7-3-23(63)53-45(57)73)93-96(75,76)83-10-17-26(65)27(66)38(88-17)55-5-1-21(61)51-43(55)71)20(91-42)13-86-98(79,80)94-34-18(89-41(30(34)69)58-8-4-24(64)54-46(58)74)11-84-97(77,78)92-32-16(9-60)87-39(28(32)67)56-6-2-22(62)52-44(56)72/h1-8,14-20,26-35,38-42,60,65-70H,9-13H2,(H,75,76)(H,77,78)(H,79,80)(H,81,82)(H2,47,48,49)(H,51,61,71)(H,52,62,72)(H,53,63,73)(H,54,64,74)/t16-,17-,18-,19-,20-,26-,27-,28-,29-,30-,31-,32-,33-,34-,35-,38-,39-,40-,41-,42-/m1/s1. The molecule has 5 fully saturated rings. The lowest BCUT2D eigenvalue weighted by Gasteiger charge is -2.27. The number of nitrogens with zero attached hydrogens (tertiary/aromatic N) is 8. The van der Waals surface area contributed by atoms with Crippen LogP contribution in [0.3, 0.4) is 0 Å². The van der Waals surface area contributed by atoms with E-state index in [1.54, 1.807) is 0 Å². The van der Waals surface area contributed by atoms with Gasteiger partial charge in [0.2, 0.25) is 0 Å². The molecule has 11 rings (SSSR count). The Kier molecular flexibility index (Phi) is 21.3. The number of aromatic nitrogens is 12. The van der Waals surface area contributed by atoms with Crippen LogP contribution in [0.15, 0.2) is 100 Å². The van der Waals surface area contributed by atoms with Crippen LogP contribution in [-0.4, -0.2) is 238 Å². The summed E-state index contributed by atoms with van der Waals surface area (Å²) in [7, 11) is -23.0.